The van der Waals surface area contributed by atoms with Gasteiger partial charge in [-0.15, -0.1) is 0 Å². The van der Waals surface area contributed by atoms with Crippen molar-refractivity contribution in [3.05, 3.63) is 12.1 Å². The maximum atomic E-state index is 9.11. The Balaban J connectivity index is 3.13. The molecule has 0 saturated carbocycles. The van der Waals surface area contributed by atoms with E-state index in [0.717, 1.165) is 5.69 Å². The molecule has 0 aliphatic heterocycles. The number of nitrogens with zero attached hydrogens (tertiary/aromatic N) is 1. The molecular formula is C14H20N2O3. The minimum atomic E-state index is -0.275. The first-order valence-electron chi connectivity index (χ1n) is 6.03. The summed E-state index contributed by atoms with van der Waals surface area (Å²) in [5.41, 5.74) is 0.759. The van der Waals surface area contributed by atoms with Crippen molar-refractivity contribution in [1.29, 1.82) is 5.26 Å². The lowest BCUT2D eigenvalue weighted by atomic mass is 10.1. The van der Waals surface area contributed by atoms with Crippen LogP contribution in [0.25, 0.3) is 0 Å². The lowest BCUT2D eigenvalue weighted by Gasteiger charge is -2.19. The highest BCUT2D eigenvalue weighted by atomic mass is 16.5. The smallest absolute Gasteiger partial charge is 0.203 e. The Labute approximate surface area is 114 Å². The number of benzene rings is 1. The minimum Gasteiger partial charge on any atom is -0.493 e. The molecule has 0 heterocycles. The van der Waals surface area contributed by atoms with E-state index in [0.29, 0.717) is 17.2 Å². The van der Waals surface area contributed by atoms with Crippen LogP contribution in [-0.2, 0) is 0 Å². The van der Waals surface area contributed by atoms with Crippen molar-refractivity contribution in [1.82, 2.24) is 0 Å². The van der Waals surface area contributed by atoms with E-state index in [1.54, 1.807) is 33.5 Å². The molecule has 1 N–H and O–H groups in total. The van der Waals surface area contributed by atoms with E-state index in [1.165, 1.54) is 0 Å². The number of rotatable bonds is 6. The third-order valence-corrected chi connectivity index (χ3v) is 2.79. The van der Waals surface area contributed by atoms with Crippen LogP contribution in [0, 0.1) is 17.2 Å². The van der Waals surface area contributed by atoms with Crippen LogP contribution in [0.15, 0.2) is 12.1 Å². The Morgan fingerprint density at radius 3 is 1.89 bits per heavy atom. The van der Waals surface area contributed by atoms with E-state index in [-0.39, 0.29) is 12.0 Å². The summed E-state index contributed by atoms with van der Waals surface area (Å²) in [5, 5.41) is 12.3. The number of nitrogens with one attached hydrogen (secondary N) is 1. The fourth-order valence-corrected chi connectivity index (χ4v) is 1.69. The molecule has 0 aromatic heterocycles. The van der Waals surface area contributed by atoms with Crippen LogP contribution in [0.5, 0.6) is 17.2 Å². The monoisotopic (exact) mass is 264 g/mol. The highest BCUT2D eigenvalue weighted by Gasteiger charge is 2.16. The number of hydrogen-bond acceptors (Lipinski definition) is 5. The van der Waals surface area contributed by atoms with Crippen LogP contribution in [0.2, 0.25) is 0 Å². The summed E-state index contributed by atoms with van der Waals surface area (Å²) in [5.74, 6) is 1.85. The molecule has 5 heteroatoms. The fraction of sp³-hybridized carbons (Fsp3) is 0.500. The standard InChI is InChI=1S/C14H20N2O3/c1-9(2)11(8-15)16-10-6-12(17-3)14(19-5)13(7-10)18-4/h6-7,9,11,16H,1-5H3. The zero-order chi connectivity index (χ0) is 14.4. The first-order valence-corrected chi connectivity index (χ1v) is 6.03. The molecule has 104 valence electrons. The second-order valence-corrected chi connectivity index (χ2v) is 4.41. The number of ether oxygens (including phenoxy) is 3. The van der Waals surface area contributed by atoms with Gasteiger partial charge in [0.15, 0.2) is 11.5 Å². The van der Waals surface area contributed by atoms with Gasteiger partial charge in [0, 0.05) is 17.8 Å². The van der Waals surface area contributed by atoms with Crippen molar-refractivity contribution >= 4 is 5.69 Å². The van der Waals surface area contributed by atoms with Gasteiger partial charge in [0.25, 0.3) is 0 Å². The van der Waals surface area contributed by atoms with E-state index in [9.17, 15) is 0 Å². The number of anilines is 1. The Kier molecular flexibility index (Phi) is 5.31. The maximum absolute atomic E-state index is 9.11. The third kappa shape index (κ3) is 3.44. The maximum Gasteiger partial charge on any atom is 0.203 e. The van der Waals surface area contributed by atoms with Gasteiger partial charge in [0.1, 0.15) is 6.04 Å². The Morgan fingerprint density at radius 1 is 1.05 bits per heavy atom. The van der Waals surface area contributed by atoms with Gasteiger partial charge in [-0.05, 0) is 5.92 Å². The van der Waals surface area contributed by atoms with Crippen LogP contribution in [0.3, 0.4) is 0 Å². The molecule has 0 saturated heterocycles. The van der Waals surface area contributed by atoms with Crippen molar-refractivity contribution in [3.63, 3.8) is 0 Å². The molecule has 19 heavy (non-hydrogen) atoms. The topological polar surface area (TPSA) is 63.5 Å². The van der Waals surface area contributed by atoms with Gasteiger partial charge in [0.2, 0.25) is 5.75 Å². The van der Waals surface area contributed by atoms with Crippen molar-refractivity contribution in [2.24, 2.45) is 5.92 Å². The van der Waals surface area contributed by atoms with Gasteiger partial charge in [0.05, 0.1) is 27.4 Å². The second kappa shape index (κ2) is 6.74. The zero-order valence-corrected chi connectivity index (χ0v) is 12.0. The second-order valence-electron chi connectivity index (χ2n) is 4.41. The van der Waals surface area contributed by atoms with Crippen molar-refractivity contribution in [2.45, 2.75) is 19.9 Å². The fourth-order valence-electron chi connectivity index (χ4n) is 1.69. The number of hydrogen-bond donors (Lipinski definition) is 1. The highest BCUT2D eigenvalue weighted by molar-refractivity contribution is 5.63. The van der Waals surface area contributed by atoms with Crippen molar-refractivity contribution in [2.75, 3.05) is 26.6 Å². The summed E-state index contributed by atoms with van der Waals surface area (Å²) in [6.07, 6.45) is 0. The van der Waals surface area contributed by atoms with Gasteiger partial charge in [-0.2, -0.15) is 5.26 Å². The molecule has 0 fully saturated rings. The molecule has 5 nitrogen and oxygen atoms in total. The van der Waals surface area contributed by atoms with E-state index >= 15 is 0 Å². The minimum absolute atomic E-state index is 0.198. The molecule has 0 radical (unpaired) electrons. The first-order chi connectivity index (χ1) is 9.07. The molecule has 1 atom stereocenters. The Bertz CT molecular complexity index is 441. The average molecular weight is 264 g/mol. The summed E-state index contributed by atoms with van der Waals surface area (Å²) in [4.78, 5) is 0. The largest absolute Gasteiger partial charge is 0.493 e. The van der Waals surface area contributed by atoms with Gasteiger partial charge < -0.3 is 19.5 Å². The van der Waals surface area contributed by atoms with Crippen LogP contribution in [-0.4, -0.2) is 27.4 Å². The molecule has 0 aliphatic carbocycles. The number of nitriles is 1. The normalized spacial score (nSPS) is 11.6. The summed E-state index contributed by atoms with van der Waals surface area (Å²) < 4.78 is 15.8. The molecule has 0 spiro atoms. The van der Waals surface area contributed by atoms with Crippen LogP contribution < -0.4 is 19.5 Å². The summed E-state index contributed by atoms with van der Waals surface area (Å²) >= 11 is 0. The SMILES string of the molecule is COc1cc(NC(C#N)C(C)C)cc(OC)c1OC. The third-order valence-electron chi connectivity index (χ3n) is 2.79. The molecule has 0 amide bonds. The predicted molar refractivity (Wildman–Crippen MR) is 74.0 cm³/mol. The van der Waals surface area contributed by atoms with Crippen LogP contribution in [0.1, 0.15) is 13.8 Å². The van der Waals surface area contributed by atoms with Crippen molar-refractivity contribution in [3.8, 4) is 23.3 Å². The zero-order valence-electron chi connectivity index (χ0n) is 12.0. The van der Waals surface area contributed by atoms with E-state index < -0.39 is 0 Å². The lowest BCUT2D eigenvalue weighted by Crippen LogP contribution is -2.23. The summed E-state index contributed by atoms with van der Waals surface area (Å²) in [6, 6.07) is 5.53. The molecule has 0 aliphatic rings. The van der Waals surface area contributed by atoms with E-state index in [4.69, 9.17) is 19.5 Å². The molecule has 1 aromatic rings. The van der Waals surface area contributed by atoms with Gasteiger partial charge in [-0.3, -0.25) is 0 Å². The Morgan fingerprint density at radius 2 is 1.58 bits per heavy atom. The highest BCUT2D eigenvalue weighted by Crippen LogP contribution is 2.40. The predicted octanol–water partition coefficient (Wildman–Crippen LogP) is 2.67. The van der Waals surface area contributed by atoms with Crippen LogP contribution >= 0.6 is 0 Å². The molecular weight excluding hydrogens is 244 g/mol. The van der Waals surface area contributed by atoms with Gasteiger partial charge in [-0.25, -0.2) is 0 Å². The molecule has 1 rings (SSSR count). The first kappa shape index (κ1) is 15.0. The van der Waals surface area contributed by atoms with Crippen LogP contribution in [0.4, 0.5) is 5.69 Å². The van der Waals surface area contributed by atoms with Gasteiger partial charge in [-0.1, -0.05) is 13.8 Å². The molecule has 1 aromatic carbocycles. The van der Waals surface area contributed by atoms with E-state index in [1.807, 2.05) is 13.8 Å². The number of methoxy groups -OCH3 is 3. The Hall–Kier alpha value is -2.09. The molecule has 1 unspecified atom stereocenters. The van der Waals surface area contributed by atoms with E-state index in [2.05, 4.69) is 11.4 Å². The molecule has 0 bridgehead atoms. The average Bonchev–Trinajstić information content (AvgIpc) is 2.42. The van der Waals surface area contributed by atoms with Crippen molar-refractivity contribution < 1.29 is 14.2 Å². The van der Waals surface area contributed by atoms with Gasteiger partial charge >= 0.3 is 0 Å². The lowest BCUT2D eigenvalue weighted by molar-refractivity contribution is 0.324. The summed E-state index contributed by atoms with van der Waals surface area (Å²) in [7, 11) is 4.68. The quantitative estimate of drug-likeness (QED) is 0.855. The summed E-state index contributed by atoms with van der Waals surface area (Å²) in [6.45, 7) is 3.97.